The lowest BCUT2D eigenvalue weighted by atomic mass is 9.99. The normalized spacial score (nSPS) is 22.6. The third-order valence-corrected chi connectivity index (χ3v) is 4.55. The molecule has 1 heterocycles. The smallest absolute Gasteiger partial charge is 0.247 e. The quantitative estimate of drug-likeness (QED) is 0.907. The van der Waals surface area contributed by atoms with Gasteiger partial charge in [0.15, 0.2) is 0 Å². The lowest BCUT2D eigenvalue weighted by Crippen LogP contribution is -2.29. The predicted molar refractivity (Wildman–Crippen MR) is 85.4 cm³/mol. The molecule has 3 rings (SSSR count). The molecule has 1 aliphatic carbocycles. The number of halogens is 1. The van der Waals surface area contributed by atoms with Crippen molar-refractivity contribution in [2.75, 3.05) is 0 Å². The van der Waals surface area contributed by atoms with Gasteiger partial charge < -0.3 is 10.3 Å². The highest BCUT2D eigenvalue weighted by Crippen LogP contribution is 2.34. The predicted octanol–water partition coefficient (Wildman–Crippen LogP) is 3.50. The number of aromatic amines is 1. The molecule has 2 N–H and O–H groups in total. The molecule has 0 bridgehead atoms. The average Bonchev–Trinajstić information content (AvgIpc) is 2.96. The SMILES string of the molecule is CC(NC1CCC(c2ccc(=O)[nH]c2)C1)c1cccc(F)c1. The average molecular weight is 300 g/mol. The van der Waals surface area contributed by atoms with Gasteiger partial charge in [-0.15, -0.1) is 0 Å². The molecule has 3 atom stereocenters. The van der Waals surface area contributed by atoms with Crippen LogP contribution in [0.1, 0.15) is 49.3 Å². The Morgan fingerprint density at radius 3 is 2.86 bits per heavy atom. The second-order valence-corrected chi connectivity index (χ2v) is 6.14. The molecular formula is C18H21FN2O. The summed E-state index contributed by atoms with van der Waals surface area (Å²) in [7, 11) is 0. The molecule has 3 unspecified atom stereocenters. The van der Waals surface area contributed by atoms with Crippen LogP contribution in [0.3, 0.4) is 0 Å². The highest BCUT2D eigenvalue weighted by Gasteiger charge is 2.27. The molecule has 0 saturated heterocycles. The van der Waals surface area contributed by atoms with Crippen molar-refractivity contribution in [3.8, 4) is 0 Å². The zero-order valence-corrected chi connectivity index (χ0v) is 12.7. The fourth-order valence-electron chi connectivity index (χ4n) is 3.34. The van der Waals surface area contributed by atoms with E-state index < -0.39 is 0 Å². The number of hydrogen-bond donors (Lipinski definition) is 2. The summed E-state index contributed by atoms with van der Waals surface area (Å²) in [4.78, 5) is 13.9. The van der Waals surface area contributed by atoms with Gasteiger partial charge in [0.25, 0.3) is 0 Å². The summed E-state index contributed by atoms with van der Waals surface area (Å²) in [6, 6.07) is 10.8. The number of nitrogens with one attached hydrogen (secondary N) is 2. The summed E-state index contributed by atoms with van der Waals surface area (Å²) in [5.41, 5.74) is 2.12. The Labute approximate surface area is 129 Å². The van der Waals surface area contributed by atoms with E-state index >= 15 is 0 Å². The molecule has 2 aromatic rings. The van der Waals surface area contributed by atoms with E-state index in [-0.39, 0.29) is 17.4 Å². The zero-order chi connectivity index (χ0) is 15.5. The molecule has 1 aromatic heterocycles. The number of benzene rings is 1. The van der Waals surface area contributed by atoms with Gasteiger partial charge in [-0.1, -0.05) is 18.2 Å². The van der Waals surface area contributed by atoms with E-state index in [1.165, 1.54) is 11.6 Å². The Morgan fingerprint density at radius 2 is 2.14 bits per heavy atom. The van der Waals surface area contributed by atoms with Gasteiger partial charge in [-0.3, -0.25) is 4.79 Å². The van der Waals surface area contributed by atoms with Crippen molar-refractivity contribution in [2.45, 2.75) is 44.2 Å². The Bertz CT molecular complexity index is 677. The Morgan fingerprint density at radius 1 is 1.27 bits per heavy atom. The fourth-order valence-corrected chi connectivity index (χ4v) is 3.34. The molecule has 3 nitrogen and oxygen atoms in total. The molecule has 1 saturated carbocycles. The first-order chi connectivity index (χ1) is 10.6. The number of pyridine rings is 1. The zero-order valence-electron chi connectivity index (χ0n) is 12.7. The van der Waals surface area contributed by atoms with Crippen LogP contribution in [0.2, 0.25) is 0 Å². The van der Waals surface area contributed by atoms with Crippen LogP contribution < -0.4 is 10.9 Å². The molecule has 1 fully saturated rings. The van der Waals surface area contributed by atoms with Gasteiger partial charge in [0.1, 0.15) is 5.82 Å². The first-order valence-corrected chi connectivity index (χ1v) is 7.82. The molecule has 0 amide bonds. The molecule has 0 radical (unpaired) electrons. The summed E-state index contributed by atoms with van der Waals surface area (Å²) >= 11 is 0. The van der Waals surface area contributed by atoms with Gasteiger partial charge in [0.2, 0.25) is 5.56 Å². The van der Waals surface area contributed by atoms with Crippen molar-refractivity contribution in [1.29, 1.82) is 0 Å². The van der Waals surface area contributed by atoms with Crippen LogP contribution in [-0.4, -0.2) is 11.0 Å². The number of hydrogen-bond acceptors (Lipinski definition) is 2. The van der Waals surface area contributed by atoms with Crippen LogP contribution in [-0.2, 0) is 0 Å². The molecule has 0 aliphatic heterocycles. The minimum absolute atomic E-state index is 0.0591. The minimum Gasteiger partial charge on any atom is -0.329 e. The molecule has 22 heavy (non-hydrogen) atoms. The minimum atomic E-state index is -0.191. The number of aromatic nitrogens is 1. The third-order valence-electron chi connectivity index (χ3n) is 4.55. The lowest BCUT2D eigenvalue weighted by Gasteiger charge is -2.20. The van der Waals surface area contributed by atoms with E-state index in [2.05, 4.69) is 17.2 Å². The highest BCUT2D eigenvalue weighted by molar-refractivity contribution is 5.20. The lowest BCUT2D eigenvalue weighted by molar-refractivity contribution is 0.455. The molecule has 1 aromatic carbocycles. The van der Waals surface area contributed by atoms with Crippen LogP contribution in [0.4, 0.5) is 4.39 Å². The van der Waals surface area contributed by atoms with Crippen molar-refractivity contribution in [2.24, 2.45) is 0 Å². The Kier molecular flexibility index (Phi) is 4.39. The summed E-state index contributed by atoms with van der Waals surface area (Å²) in [6.07, 6.45) is 5.08. The summed E-state index contributed by atoms with van der Waals surface area (Å²) in [5, 5.41) is 3.59. The van der Waals surface area contributed by atoms with E-state index in [0.717, 1.165) is 24.8 Å². The molecule has 0 spiro atoms. The summed E-state index contributed by atoms with van der Waals surface area (Å²) in [6.45, 7) is 2.07. The van der Waals surface area contributed by atoms with Crippen LogP contribution in [0.5, 0.6) is 0 Å². The van der Waals surface area contributed by atoms with Crippen LogP contribution in [0.15, 0.2) is 47.4 Å². The Hall–Kier alpha value is -1.94. The monoisotopic (exact) mass is 300 g/mol. The van der Waals surface area contributed by atoms with E-state index in [1.807, 2.05) is 18.3 Å². The topological polar surface area (TPSA) is 44.9 Å². The second-order valence-electron chi connectivity index (χ2n) is 6.14. The van der Waals surface area contributed by atoms with E-state index in [1.54, 1.807) is 18.2 Å². The van der Waals surface area contributed by atoms with Crippen LogP contribution in [0, 0.1) is 5.82 Å². The second kappa shape index (κ2) is 6.44. The molecule has 1 aliphatic rings. The maximum absolute atomic E-state index is 13.3. The van der Waals surface area contributed by atoms with Crippen LogP contribution >= 0.6 is 0 Å². The van der Waals surface area contributed by atoms with E-state index in [9.17, 15) is 9.18 Å². The van der Waals surface area contributed by atoms with Crippen LogP contribution in [0.25, 0.3) is 0 Å². The Balaban J connectivity index is 1.61. The number of rotatable bonds is 4. The van der Waals surface area contributed by atoms with Gasteiger partial charge in [0.05, 0.1) is 0 Å². The summed E-state index contributed by atoms with van der Waals surface area (Å²) < 4.78 is 13.3. The molecule has 116 valence electrons. The maximum Gasteiger partial charge on any atom is 0.247 e. The van der Waals surface area contributed by atoms with Gasteiger partial charge in [0, 0.05) is 24.3 Å². The van der Waals surface area contributed by atoms with Crippen molar-refractivity contribution >= 4 is 0 Å². The highest BCUT2D eigenvalue weighted by atomic mass is 19.1. The first kappa shape index (κ1) is 15.0. The summed E-state index contributed by atoms with van der Waals surface area (Å²) in [5.74, 6) is 0.290. The van der Waals surface area contributed by atoms with E-state index in [4.69, 9.17) is 0 Å². The number of H-pyrrole nitrogens is 1. The molecule has 4 heteroatoms. The van der Waals surface area contributed by atoms with Gasteiger partial charge in [-0.05, 0) is 55.4 Å². The van der Waals surface area contributed by atoms with E-state index in [0.29, 0.717) is 12.0 Å². The third kappa shape index (κ3) is 3.45. The fraction of sp³-hybridized carbons (Fsp3) is 0.389. The van der Waals surface area contributed by atoms with Gasteiger partial charge >= 0.3 is 0 Å². The van der Waals surface area contributed by atoms with Crippen molar-refractivity contribution in [3.05, 3.63) is 69.9 Å². The van der Waals surface area contributed by atoms with Crippen molar-refractivity contribution < 1.29 is 4.39 Å². The first-order valence-electron chi connectivity index (χ1n) is 7.82. The maximum atomic E-state index is 13.3. The molecular weight excluding hydrogens is 279 g/mol. The van der Waals surface area contributed by atoms with Crippen molar-refractivity contribution in [1.82, 2.24) is 10.3 Å². The standard InChI is InChI=1S/C18H21FN2O/c1-12(13-3-2-4-16(19)9-13)21-17-7-5-14(10-17)15-6-8-18(22)20-11-15/h2-4,6,8-9,11-12,14,17,21H,5,7,10H2,1H3,(H,20,22). The van der Waals surface area contributed by atoms with Gasteiger partial charge in [-0.25, -0.2) is 4.39 Å². The van der Waals surface area contributed by atoms with Gasteiger partial charge in [-0.2, -0.15) is 0 Å². The largest absolute Gasteiger partial charge is 0.329 e. The van der Waals surface area contributed by atoms with Crippen molar-refractivity contribution in [3.63, 3.8) is 0 Å².